The van der Waals surface area contributed by atoms with Crippen molar-refractivity contribution in [1.29, 1.82) is 0 Å². The van der Waals surface area contributed by atoms with Crippen LogP contribution < -0.4 is 0 Å². The molecule has 2 rings (SSSR count). The number of benzene rings is 1. The molecule has 5 heteroatoms. The van der Waals surface area contributed by atoms with Crippen molar-refractivity contribution in [3.8, 4) is 5.75 Å². The molecule has 1 atom stereocenters. The highest BCUT2D eigenvalue weighted by Gasteiger charge is 2.32. The summed E-state index contributed by atoms with van der Waals surface area (Å²) in [6.45, 7) is 3.40. The Bertz CT molecular complexity index is 614. The molecule has 124 valence electrons. The molecule has 0 heterocycles. The topological polar surface area (TPSA) is 80.7 Å². The minimum atomic E-state index is -0.818. The normalized spacial score (nSPS) is 16.1. The van der Waals surface area contributed by atoms with E-state index in [2.05, 4.69) is 0 Å². The number of Topliss-reactive ketones (excluding diaryl/α,β-unsaturated/α-hetero) is 2. The van der Waals surface area contributed by atoms with E-state index in [0.717, 1.165) is 25.7 Å². The van der Waals surface area contributed by atoms with Gasteiger partial charge in [-0.1, -0.05) is 18.9 Å². The molecule has 1 aromatic rings. The van der Waals surface area contributed by atoms with Gasteiger partial charge in [-0.3, -0.25) is 9.59 Å². The molecule has 0 amide bonds. The number of rotatable bonds is 6. The molecular formula is C18H22O5. The van der Waals surface area contributed by atoms with E-state index in [1.165, 1.54) is 18.2 Å². The molecule has 0 saturated heterocycles. The van der Waals surface area contributed by atoms with Gasteiger partial charge in [-0.25, -0.2) is 4.79 Å². The van der Waals surface area contributed by atoms with E-state index in [1.54, 1.807) is 13.8 Å². The third-order valence-electron chi connectivity index (χ3n) is 4.37. The molecule has 1 unspecified atom stereocenters. The number of hydrogen-bond acceptors (Lipinski definition) is 5. The van der Waals surface area contributed by atoms with E-state index in [0.29, 0.717) is 0 Å². The number of phenolic OH excluding ortho intramolecular Hbond substituents is 1. The van der Waals surface area contributed by atoms with Crippen molar-refractivity contribution in [2.45, 2.75) is 39.5 Å². The van der Waals surface area contributed by atoms with Crippen molar-refractivity contribution >= 4 is 17.5 Å². The van der Waals surface area contributed by atoms with Crippen molar-refractivity contribution in [3.05, 3.63) is 29.3 Å². The molecule has 1 saturated carbocycles. The van der Waals surface area contributed by atoms with Crippen molar-refractivity contribution in [1.82, 2.24) is 0 Å². The Hall–Kier alpha value is -2.17. The largest absolute Gasteiger partial charge is 0.506 e. The van der Waals surface area contributed by atoms with Crippen molar-refractivity contribution in [2.75, 3.05) is 6.61 Å². The van der Waals surface area contributed by atoms with Gasteiger partial charge < -0.3 is 9.84 Å². The number of esters is 1. The van der Waals surface area contributed by atoms with E-state index >= 15 is 0 Å². The highest BCUT2D eigenvalue weighted by Crippen LogP contribution is 2.31. The molecule has 0 spiro atoms. The van der Waals surface area contributed by atoms with Crippen LogP contribution in [0.25, 0.3) is 0 Å². The number of ketones is 2. The van der Waals surface area contributed by atoms with Crippen molar-refractivity contribution in [2.24, 2.45) is 11.8 Å². The Morgan fingerprint density at radius 3 is 2.43 bits per heavy atom. The van der Waals surface area contributed by atoms with Crippen LogP contribution in [0, 0.1) is 11.8 Å². The molecule has 1 aliphatic carbocycles. The summed E-state index contributed by atoms with van der Waals surface area (Å²) in [6, 6.07) is 4.33. The first-order chi connectivity index (χ1) is 11.0. The first-order valence-electron chi connectivity index (χ1n) is 8.04. The summed E-state index contributed by atoms with van der Waals surface area (Å²) in [7, 11) is 0. The minimum Gasteiger partial charge on any atom is -0.506 e. The van der Waals surface area contributed by atoms with E-state index in [9.17, 15) is 19.5 Å². The summed E-state index contributed by atoms with van der Waals surface area (Å²) in [4.78, 5) is 36.8. The number of aromatic hydroxyl groups is 1. The second-order valence-electron chi connectivity index (χ2n) is 5.89. The standard InChI is InChI=1S/C18H22O5/c1-3-23-18(22)14-10-6-9-13(17(14)21)16(20)11(2)15(19)12-7-4-5-8-12/h6,9-12,21H,3-5,7-8H2,1-2H3. The van der Waals surface area contributed by atoms with Gasteiger partial charge in [-0.15, -0.1) is 0 Å². The predicted molar refractivity (Wildman–Crippen MR) is 84.5 cm³/mol. The van der Waals surface area contributed by atoms with E-state index in [4.69, 9.17) is 4.74 Å². The molecule has 1 aliphatic rings. The van der Waals surface area contributed by atoms with Gasteiger partial charge >= 0.3 is 5.97 Å². The lowest BCUT2D eigenvalue weighted by Crippen LogP contribution is -2.26. The first-order valence-corrected chi connectivity index (χ1v) is 8.04. The van der Waals surface area contributed by atoms with Crippen LogP contribution in [0.5, 0.6) is 5.75 Å². The zero-order valence-electron chi connectivity index (χ0n) is 13.5. The van der Waals surface area contributed by atoms with Crippen LogP contribution in [0.2, 0.25) is 0 Å². The second-order valence-corrected chi connectivity index (χ2v) is 5.89. The van der Waals surface area contributed by atoms with Crippen LogP contribution >= 0.6 is 0 Å². The van der Waals surface area contributed by atoms with Crippen LogP contribution in [0.15, 0.2) is 18.2 Å². The fraction of sp³-hybridized carbons (Fsp3) is 0.500. The molecular weight excluding hydrogens is 296 g/mol. The summed E-state index contributed by atoms with van der Waals surface area (Å²) in [5, 5.41) is 10.2. The van der Waals surface area contributed by atoms with Crippen molar-refractivity contribution < 1.29 is 24.2 Å². The Balaban J connectivity index is 2.23. The number of phenols is 1. The van der Waals surface area contributed by atoms with Gasteiger partial charge in [0.05, 0.1) is 18.1 Å². The average molecular weight is 318 g/mol. The van der Waals surface area contributed by atoms with Crippen molar-refractivity contribution in [3.63, 3.8) is 0 Å². The van der Waals surface area contributed by atoms with Gasteiger partial charge in [0.15, 0.2) is 5.78 Å². The van der Waals surface area contributed by atoms with Gasteiger partial charge in [0, 0.05) is 5.92 Å². The van der Waals surface area contributed by atoms with Gasteiger partial charge in [0.1, 0.15) is 17.1 Å². The fourth-order valence-corrected chi connectivity index (χ4v) is 3.04. The third kappa shape index (κ3) is 3.60. The lowest BCUT2D eigenvalue weighted by atomic mass is 9.87. The summed E-state index contributed by atoms with van der Waals surface area (Å²) in [6.07, 6.45) is 3.68. The second kappa shape index (κ2) is 7.40. The maximum absolute atomic E-state index is 12.6. The van der Waals surface area contributed by atoms with Crippen LogP contribution in [-0.4, -0.2) is 29.2 Å². The zero-order chi connectivity index (χ0) is 17.0. The van der Waals surface area contributed by atoms with Crippen LogP contribution in [0.3, 0.4) is 0 Å². The zero-order valence-corrected chi connectivity index (χ0v) is 13.5. The van der Waals surface area contributed by atoms with Gasteiger partial charge in [0.2, 0.25) is 0 Å². The Morgan fingerprint density at radius 1 is 1.22 bits per heavy atom. The molecule has 0 aromatic heterocycles. The monoisotopic (exact) mass is 318 g/mol. The first kappa shape index (κ1) is 17.2. The maximum atomic E-state index is 12.6. The lowest BCUT2D eigenvalue weighted by Gasteiger charge is -2.15. The quantitative estimate of drug-likeness (QED) is 0.495. The smallest absolute Gasteiger partial charge is 0.341 e. The average Bonchev–Trinajstić information content (AvgIpc) is 3.07. The highest BCUT2D eigenvalue weighted by molar-refractivity contribution is 6.13. The molecule has 1 aromatic carbocycles. The number of hydrogen-bond donors (Lipinski definition) is 1. The predicted octanol–water partition coefficient (Wildman–Crippen LogP) is 3.15. The molecule has 1 fully saturated rings. The maximum Gasteiger partial charge on any atom is 0.341 e. The summed E-state index contributed by atoms with van der Waals surface area (Å²) < 4.78 is 4.86. The van der Waals surface area contributed by atoms with E-state index in [1.807, 2.05) is 0 Å². The van der Waals surface area contributed by atoms with E-state index in [-0.39, 0.29) is 29.4 Å². The molecule has 0 radical (unpaired) electrons. The Labute approximate surface area is 135 Å². The van der Waals surface area contributed by atoms with Gasteiger partial charge in [-0.2, -0.15) is 0 Å². The minimum absolute atomic E-state index is 0.00519. The molecule has 0 bridgehead atoms. The Kier molecular flexibility index (Phi) is 5.53. The molecule has 1 N–H and O–H groups in total. The number of carbonyl (C=O) groups is 3. The van der Waals surface area contributed by atoms with Crippen LogP contribution in [-0.2, 0) is 9.53 Å². The highest BCUT2D eigenvalue weighted by atomic mass is 16.5. The number of para-hydroxylation sites is 1. The summed E-state index contributed by atoms with van der Waals surface area (Å²) >= 11 is 0. The lowest BCUT2D eigenvalue weighted by molar-refractivity contribution is -0.124. The summed E-state index contributed by atoms with van der Waals surface area (Å²) in [5.41, 5.74) is -0.0624. The SMILES string of the molecule is CCOC(=O)c1cccc(C(=O)C(C)C(=O)C2CCCC2)c1O. The summed E-state index contributed by atoms with van der Waals surface area (Å²) in [5.74, 6) is -2.51. The van der Waals surface area contributed by atoms with Crippen LogP contribution in [0.4, 0.5) is 0 Å². The fourth-order valence-electron chi connectivity index (χ4n) is 3.04. The third-order valence-corrected chi connectivity index (χ3v) is 4.37. The Morgan fingerprint density at radius 2 is 1.83 bits per heavy atom. The van der Waals surface area contributed by atoms with Gasteiger partial charge in [0.25, 0.3) is 0 Å². The molecule has 23 heavy (non-hydrogen) atoms. The van der Waals surface area contributed by atoms with Crippen LogP contribution in [0.1, 0.15) is 60.2 Å². The van der Waals surface area contributed by atoms with E-state index < -0.39 is 23.4 Å². The molecule has 0 aliphatic heterocycles. The number of carbonyl (C=O) groups excluding carboxylic acids is 3. The molecule has 5 nitrogen and oxygen atoms in total. The van der Waals surface area contributed by atoms with Gasteiger partial charge in [-0.05, 0) is 38.8 Å². The number of ether oxygens (including phenoxy) is 1.